The summed E-state index contributed by atoms with van der Waals surface area (Å²) >= 11 is 0. The molecule has 18 bridgehead atoms. The fourth-order valence-corrected chi connectivity index (χ4v) is 29.6. The largest absolute Gasteiger partial charge is 0.449 e. The van der Waals surface area contributed by atoms with Crippen molar-refractivity contribution in [3.05, 3.63) is 151 Å². The van der Waals surface area contributed by atoms with Crippen molar-refractivity contribution in [2.45, 2.75) is 72.1 Å². The third kappa shape index (κ3) is 6.22. The van der Waals surface area contributed by atoms with Crippen LogP contribution in [0.5, 0.6) is 0 Å². The molecule has 0 saturated carbocycles. The van der Waals surface area contributed by atoms with Crippen LogP contribution < -0.4 is 25.9 Å². The zero-order chi connectivity index (χ0) is 45.0. The molecule has 0 spiro atoms. The van der Waals surface area contributed by atoms with E-state index in [1.807, 2.05) is 0 Å². The van der Waals surface area contributed by atoms with Gasteiger partial charge in [0.1, 0.15) is 0 Å². The molecule has 0 saturated heterocycles. The quantitative estimate of drug-likeness (QED) is 0.142. The second kappa shape index (κ2) is 13.9. The van der Waals surface area contributed by atoms with Gasteiger partial charge in [0, 0.05) is 32.3 Å². The molecule has 14 rings (SSSR count). The van der Waals surface area contributed by atoms with Crippen molar-refractivity contribution in [3.8, 4) is 11.4 Å². The first-order valence-electron chi connectivity index (χ1n) is 23.2. The van der Waals surface area contributed by atoms with Gasteiger partial charge in [0.25, 0.3) is 0 Å². The van der Waals surface area contributed by atoms with Crippen LogP contribution >= 0.6 is 0 Å². The monoisotopic (exact) mass is 932 g/mol. The lowest BCUT2D eigenvalue weighted by Crippen LogP contribution is -2.57. The Balaban J connectivity index is 1.24. The molecule has 5 nitrogen and oxygen atoms in total. The van der Waals surface area contributed by atoms with Crippen molar-refractivity contribution in [3.63, 3.8) is 0 Å². The summed E-state index contributed by atoms with van der Waals surface area (Å²) < 4.78 is 27.6. The van der Waals surface area contributed by atoms with E-state index < -0.39 is 41.6 Å². The molecule has 0 radical (unpaired) electrons. The Labute approximate surface area is 386 Å². The Hall–Kier alpha value is -5.16. The molecule has 10 heteroatoms. The van der Waals surface area contributed by atoms with Crippen LogP contribution in [0.1, 0.15) is 5.56 Å². The molecule has 6 heterocycles. The molecule has 0 fully saturated rings. The Morgan fingerprint density at radius 2 is 0.692 bits per heavy atom. The van der Waals surface area contributed by atoms with Crippen LogP contribution in [0.2, 0.25) is 65.5 Å². The first-order valence-corrected chi connectivity index (χ1v) is 37.7. The van der Waals surface area contributed by atoms with Crippen molar-refractivity contribution in [1.29, 1.82) is 0 Å². The number of fused-ring (bicyclic) bond motifs is 8. The van der Waals surface area contributed by atoms with E-state index in [0.29, 0.717) is 6.61 Å². The van der Waals surface area contributed by atoms with Crippen LogP contribution in [-0.4, -0.2) is 50.7 Å². The number of rotatable bonds is 0. The number of hydrogen-bond acceptors (Lipinski definition) is 3. The molecule has 10 aromatic rings. The standard InChI is InChI=1S/C55H56N2O3Si5/c1-61(2)37-20-25-51-45(31-37)46-32-38-21-26-52(46)56(51)49-24-19-36(41-15-11-12-16-42(41)49)35-58-65(9,10)55-30-29-50(43-17-13-14-18-44(43)55)57-53-27-22-39(63(5,6)59-61)33-47(53)48-34-40(23-28-54(48)57)64(7,8)60-62(38,3)4/h11-34H,35H2,1-10H3. The molecular formula is C55H56N2O3Si5. The first-order chi connectivity index (χ1) is 30.9. The summed E-state index contributed by atoms with van der Waals surface area (Å²) in [5, 5.41) is 16.6. The van der Waals surface area contributed by atoms with Gasteiger partial charge in [-0.2, -0.15) is 0 Å². The fourth-order valence-electron chi connectivity index (χ4n) is 11.6. The van der Waals surface area contributed by atoms with Crippen molar-refractivity contribution < 1.29 is 12.7 Å². The summed E-state index contributed by atoms with van der Waals surface area (Å²) in [7, 11) is -12.4. The number of nitrogens with zero attached hydrogens (tertiary/aromatic N) is 2. The molecule has 0 amide bonds. The van der Waals surface area contributed by atoms with Crippen molar-refractivity contribution in [1.82, 2.24) is 9.13 Å². The second-order valence-electron chi connectivity index (χ2n) is 21.1. The maximum absolute atomic E-state index is 7.68. The minimum Gasteiger partial charge on any atom is -0.449 e. The topological polar surface area (TPSA) is 37.5 Å². The van der Waals surface area contributed by atoms with Crippen LogP contribution in [0.15, 0.2) is 146 Å². The lowest BCUT2D eigenvalue weighted by Gasteiger charge is -2.35. The Morgan fingerprint density at radius 1 is 0.338 bits per heavy atom. The van der Waals surface area contributed by atoms with Crippen LogP contribution in [0.25, 0.3) is 76.5 Å². The highest BCUT2D eigenvalue weighted by molar-refractivity contribution is 6.98. The predicted octanol–water partition coefficient (Wildman–Crippen LogP) is 11.5. The van der Waals surface area contributed by atoms with Gasteiger partial charge in [0.2, 0.25) is 41.6 Å². The Kier molecular flexibility index (Phi) is 8.85. The lowest BCUT2D eigenvalue weighted by atomic mass is 10.0. The number of hydrogen-bond donors (Lipinski definition) is 0. The van der Waals surface area contributed by atoms with Crippen LogP contribution in [-0.2, 0) is 19.3 Å². The number of aromatic nitrogens is 2. The minimum atomic E-state index is -2.48. The molecule has 65 heavy (non-hydrogen) atoms. The molecule has 324 valence electrons. The molecule has 2 aromatic heterocycles. The summed E-state index contributed by atoms with van der Waals surface area (Å²) in [6.07, 6.45) is 0. The van der Waals surface area contributed by atoms with E-state index in [9.17, 15) is 0 Å². The highest BCUT2D eigenvalue weighted by atomic mass is 28.4. The summed E-state index contributed by atoms with van der Waals surface area (Å²) in [6.45, 7) is 24.5. The van der Waals surface area contributed by atoms with Crippen molar-refractivity contribution in [2.75, 3.05) is 0 Å². The van der Waals surface area contributed by atoms with E-state index >= 15 is 0 Å². The van der Waals surface area contributed by atoms with Crippen LogP contribution in [0.4, 0.5) is 0 Å². The zero-order valence-electron chi connectivity index (χ0n) is 39.2. The summed E-state index contributed by atoms with van der Waals surface area (Å²) in [5.41, 5.74) is 8.39. The van der Waals surface area contributed by atoms with E-state index in [1.165, 1.54) is 108 Å². The average molecular weight is 933 g/mol. The lowest BCUT2D eigenvalue weighted by molar-refractivity contribution is 0.305. The predicted molar refractivity (Wildman–Crippen MR) is 289 cm³/mol. The summed E-state index contributed by atoms with van der Waals surface area (Å²) in [5.74, 6) is 0. The molecular weight excluding hydrogens is 877 g/mol. The normalized spacial score (nSPS) is 18.4. The second-order valence-corrected chi connectivity index (χ2v) is 41.0. The van der Waals surface area contributed by atoms with Gasteiger partial charge in [-0.05, 0) is 144 Å². The smallest absolute Gasteiger partial charge is 0.219 e. The molecule has 8 aromatic carbocycles. The van der Waals surface area contributed by atoms with E-state index in [0.717, 1.165) is 0 Å². The highest BCUT2D eigenvalue weighted by Crippen LogP contribution is 2.39. The zero-order valence-corrected chi connectivity index (χ0v) is 44.2. The first kappa shape index (κ1) is 41.3. The van der Waals surface area contributed by atoms with E-state index in [-0.39, 0.29) is 0 Å². The van der Waals surface area contributed by atoms with E-state index in [1.54, 1.807) is 0 Å². The van der Waals surface area contributed by atoms with Gasteiger partial charge >= 0.3 is 0 Å². The van der Waals surface area contributed by atoms with Gasteiger partial charge < -0.3 is 21.8 Å². The van der Waals surface area contributed by atoms with E-state index in [4.69, 9.17) is 12.7 Å². The molecule has 0 aliphatic carbocycles. The van der Waals surface area contributed by atoms with Gasteiger partial charge in [-0.1, -0.05) is 109 Å². The molecule has 0 N–H and O–H groups in total. The van der Waals surface area contributed by atoms with Crippen LogP contribution in [0.3, 0.4) is 0 Å². The van der Waals surface area contributed by atoms with E-state index in [2.05, 4.69) is 220 Å². The maximum atomic E-state index is 7.68. The molecule has 4 aliphatic heterocycles. The fraction of sp³-hybridized carbons (Fsp3) is 0.200. The Morgan fingerprint density at radius 3 is 1.11 bits per heavy atom. The third-order valence-corrected chi connectivity index (χ3v) is 32.5. The molecule has 4 aliphatic rings. The summed E-state index contributed by atoms with van der Waals surface area (Å²) in [6, 6.07) is 56.2. The van der Waals surface area contributed by atoms with Gasteiger partial charge in [-0.25, -0.2) is 0 Å². The van der Waals surface area contributed by atoms with Crippen LogP contribution in [0, 0.1) is 0 Å². The SMILES string of the molecule is C[Si]1(C)O[Si](C)(C)c2ccc3c(c2)c2cc4ccc2n3-c2ccc(c3ccccc23)[Si](C)(C)OCc2ccc(c3ccccc23)-n2c3ccc1cc3c1cc(ccc12)[Si](C)(C)O[Si]4(C)C. The molecule has 0 atom stereocenters. The molecule has 0 unspecified atom stereocenters. The highest BCUT2D eigenvalue weighted by Gasteiger charge is 2.40. The summed E-state index contributed by atoms with van der Waals surface area (Å²) in [4.78, 5) is 0. The van der Waals surface area contributed by atoms with Crippen molar-refractivity contribution in [2.24, 2.45) is 0 Å². The average Bonchev–Trinajstić information content (AvgIpc) is 3.78. The third-order valence-electron chi connectivity index (χ3n) is 14.9. The minimum absolute atomic E-state index is 0.534. The van der Waals surface area contributed by atoms with Gasteiger partial charge in [0.15, 0.2) is 0 Å². The maximum Gasteiger partial charge on any atom is 0.219 e. The van der Waals surface area contributed by atoms with Gasteiger partial charge in [0.05, 0.1) is 40.0 Å². The van der Waals surface area contributed by atoms with Gasteiger partial charge in [-0.15, -0.1) is 0 Å². The van der Waals surface area contributed by atoms with Gasteiger partial charge in [-0.3, -0.25) is 0 Å². The Bertz CT molecular complexity index is 3530. The van der Waals surface area contributed by atoms with Crippen molar-refractivity contribution >= 4 is 133 Å². The number of benzene rings is 8.